The number of nitro groups is 1. The quantitative estimate of drug-likeness (QED) is 0.198. The van der Waals surface area contributed by atoms with E-state index in [0.717, 1.165) is 11.1 Å². The number of alkyl carbamates (subject to hydrolysis) is 1. The molecule has 3 aromatic rings. The minimum absolute atomic E-state index is 0.0356. The lowest BCUT2D eigenvalue weighted by atomic mass is 10.1. The van der Waals surface area contributed by atoms with Crippen molar-refractivity contribution < 1.29 is 28.8 Å². The van der Waals surface area contributed by atoms with Gasteiger partial charge in [0, 0.05) is 18.6 Å². The smallest absolute Gasteiger partial charge is 0.408 e. The molecule has 10 nitrogen and oxygen atoms in total. The number of nitro benzene ring substituents is 1. The van der Waals surface area contributed by atoms with Crippen molar-refractivity contribution in [2.24, 2.45) is 0 Å². The van der Waals surface area contributed by atoms with E-state index < -0.39 is 35.5 Å². The lowest BCUT2D eigenvalue weighted by Crippen LogP contribution is -2.49. The maximum absolute atomic E-state index is 12.8. The van der Waals surface area contributed by atoms with Crippen LogP contribution in [-0.2, 0) is 27.4 Å². The fourth-order valence-electron chi connectivity index (χ4n) is 3.05. The molecule has 0 bridgehead atoms. The van der Waals surface area contributed by atoms with E-state index in [2.05, 4.69) is 10.6 Å². The van der Waals surface area contributed by atoms with Gasteiger partial charge in [-0.1, -0.05) is 60.7 Å². The number of hydrogen-bond donors (Lipinski definition) is 2. The van der Waals surface area contributed by atoms with E-state index in [-0.39, 0.29) is 24.5 Å². The summed E-state index contributed by atoms with van der Waals surface area (Å²) in [5, 5.41) is 15.7. The molecule has 0 aliphatic rings. The van der Waals surface area contributed by atoms with Crippen molar-refractivity contribution in [3.8, 4) is 5.75 Å². The van der Waals surface area contributed by atoms with E-state index in [1.807, 2.05) is 24.3 Å². The summed E-state index contributed by atoms with van der Waals surface area (Å²) in [5.74, 6) is -1.29. The normalized spacial score (nSPS) is 11.1. The Hall–Kier alpha value is -4.73. The van der Waals surface area contributed by atoms with Crippen LogP contribution in [0.15, 0.2) is 84.9 Å². The third-order valence-electron chi connectivity index (χ3n) is 4.79. The highest BCUT2D eigenvalue weighted by atomic mass is 16.6. The Bertz CT molecular complexity index is 1150. The first-order valence-electron chi connectivity index (χ1n) is 10.6. The van der Waals surface area contributed by atoms with Gasteiger partial charge in [-0.2, -0.15) is 0 Å². The van der Waals surface area contributed by atoms with E-state index in [1.165, 1.54) is 24.3 Å². The zero-order valence-corrected chi connectivity index (χ0v) is 18.6. The average molecular weight is 477 g/mol. The minimum Gasteiger partial charge on any atom is -0.445 e. The average Bonchev–Trinajstić information content (AvgIpc) is 2.87. The first kappa shape index (κ1) is 24.9. The summed E-state index contributed by atoms with van der Waals surface area (Å²) >= 11 is 0. The van der Waals surface area contributed by atoms with E-state index in [9.17, 15) is 24.5 Å². The van der Waals surface area contributed by atoms with Crippen LogP contribution in [0.3, 0.4) is 0 Å². The summed E-state index contributed by atoms with van der Waals surface area (Å²) in [5.41, 5.74) is 1.44. The fraction of sp³-hybridized carbons (Fsp3) is 0.160. The van der Waals surface area contributed by atoms with Crippen LogP contribution in [0, 0.1) is 10.1 Å². The standard InChI is InChI=1S/C25H23N3O7/c29-23(35-21-13-11-20(12-14-21)28(32)33)16-26-24(30)22(15-18-7-3-1-4-8-18)27-25(31)34-17-19-9-5-2-6-10-19/h1-14,22H,15-17H2,(H,26,30)(H,27,31). The van der Waals surface area contributed by atoms with Gasteiger partial charge in [-0.05, 0) is 23.3 Å². The topological polar surface area (TPSA) is 137 Å². The first-order chi connectivity index (χ1) is 16.9. The summed E-state index contributed by atoms with van der Waals surface area (Å²) in [6.07, 6.45) is -0.608. The molecule has 2 amide bonds. The van der Waals surface area contributed by atoms with Gasteiger partial charge in [0.15, 0.2) is 0 Å². The van der Waals surface area contributed by atoms with Gasteiger partial charge in [0.05, 0.1) is 4.92 Å². The van der Waals surface area contributed by atoms with Crippen molar-refractivity contribution in [2.75, 3.05) is 6.54 Å². The molecule has 0 saturated carbocycles. The molecule has 0 heterocycles. The van der Waals surface area contributed by atoms with Crippen LogP contribution in [0.5, 0.6) is 5.75 Å². The Morgan fingerprint density at radius 2 is 1.46 bits per heavy atom. The van der Waals surface area contributed by atoms with Gasteiger partial charge >= 0.3 is 12.1 Å². The zero-order chi connectivity index (χ0) is 25.0. The molecular formula is C25H23N3O7. The highest BCUT2D eigenvalue weighted by molar-refractivity contribution is 5.88. The van der Waals surface area contributed by atoms with E-state index in [0.29, 0.717) is 0 Å². The summed E-state index contributed by atoms with van der Waals surface area (Å²) in [6.45, 7) is -0.435. The number of benzene rings is 3. The van der Waals surface area contributed by atoms with Gasteiger partial charge in [-0.15, -0.1) is 0 Å². The van der Waals surface area contributed by atoms with Crippen LogP contribution in [0.2, 0.25) is 0 Å². The minimum atomic E-state index is -1.01. The highest BCUT2D eigenvalue weighted by Crippen LogP contribution is 2.17. The predicted molar refractivity (Wildman–Crippen MR) is 125 cm³/mol. The second-order valence-electron chi connectivity index (χ2n) is 7.39. The SMILES string of the molecule is O=C(CNC(=O)C(Cc1ccccc1)NC(=O)OCc1ccccc1)Oc1ccc([N+](=O)[O-])cc1. The number of amides is 2. The van der Waals surface area contributed by atoms with Gasteiger partial charge in [-0.25, -0.2) is 9.59 Å². The van der Waals surface area contributed by atoms with Crippen LogP contribution in [0.25, 0.3) is 0 Å². The summed E-state index contributed by atoms with van der Waals surface area (Å²) in [7, 11) is 0. The summed E-state index contributed by atoms with van der Waals surface area (Å²) in [4.78, 5) is 47.3. The van der Waals surface area contributed by atoms with Crippen LogP contribution >= 0.6 is 0 Å². The molecule has 3 aromatic carbocycles. The van der Waals surface area contributed by atoms with Gasteiger partial charge in [0.2, 0.25) is 5.91 Å². The zero-order valence-electron chi connectivity index (χ0n) is 18.6. The number of carbonyl (C=O) groups excluding carboxylic acids is 3. The van der Waals surface area contributed by atoms with Crippen molar-refractivity contribution in [3.63, 3.8) is 0 Å². The van der Waals surface area contributed by atoms with Crippen molar-refractivity contribution >= 4 is 23.7 Å². The Kier molecular flexibility index (Phi) is 8.89. The first-order valence-corrected chi connectivity index (χ1v) is 10.6. The number of carbonyl (C=O) groups is 3. The molecule has 0 saturated heterocycles. The van der Waals surface area contributed by atoms with E-state index in [1.54, 1.807) is 36.4 Å². The molecule has 0 radical (unpaired) electrons. The molecular weight excluding hydrogens is 454 g/mol. The van der Waals surface area contributed by atoms with Gasteiger partial charge in [0.25, 0.3) is 5.69 Å². The van der Waals surface area contributed by atoms with Crippen LogP contribution in [-0.4, -0.2) is 35.5 Å². The number of hydrogen-bond acceptors (Lipinski definition) is 7. The predicted octanol–water partition coefficient (Wildman–Crippen LogP) is 3.15. The van der Waals surface area contributed by atoms with Gasteiger partial charge < -0.3 is 20.1 Å². The Morgan fingerprint density at radius 3 is 2.06 bits per heavy atom. The maximum atomic E-state index is 12.8. The van der Waals surface area contributed by atoms with E-state index >= 15 is 0 Å². The largest absolute Gasteiger partial charge is 0.445 e. The third kappa shape index (κ3) is 8.28. The molecule has 10 heteroatoms. The fourth-order valence-corrected chi connectivity index (χ4v) is 3.05. The number of nitrogens with zero attached hydrogens (tertiary/aromatic N) is 1. The molecule has 1 unspecified atom stereocenters. The van der Waals surface area contributed by atoms with Crippen molar-refractivity contribution in [3.05, 3.63) is 106 Å². The van der Waals surface area contributed by atoms with E-state index in [4.69, 9.17) is 9.47 Å². The van der Waals surface area contributed by atoms with Gasteiger partial charge in [0.1, 0.15) is 24.9 Å². The molecule has 35 heavy (non-hydrogen) atoms. The maximum Gasteiger partial charge on any atom is 0.408 e. The number of nitrogens with one attached hydrogen (secondary N) is 2. The molecule has 1 atom stereocenters. The molecule has 180 valence electrons. The lowest BCUT2D eigenvalue weighted by molar-refractivity contribution is -0.384. The number of ether oxygens (including phenoxy) is 2. The number of rotatable bonds is 10. The van der Waals surface area contributed by atoms with Crippen molar-refractivity contribution in [1.82, 2.24) is 10.6 Å². The Labute approximate surface area is 201 Å². The highest BCUT2D eigenvalue weighted by Gasteiger charge is 2.23. The van der Waals surface area contributed by atoms with Crippen molar-refractivity contribution in [1.29, 1.82) is 0 Å². The Balaban J connectivity index is 1.56. The van der Waals surface area contributed by atoms with Crippen LogP contribution < -0.4 is 15.4 Å². The lowest BCUT2D eigenvalue weighted by Gasteiger charge is -2.18. The molecule has 0 spiro atoms. The number of esters is 1. The molecule has 2 N–H and O–H groups in total. The molecule has 0 aliphatic carbocycles. The van der Waals surface area contributed by atoms with Gasteiger partial charge in [-0.3, -0.25) is 14.9 Å². The monoisotopic (exact) mass is 477 g/mol. The van der Waals surface area contributed by atoms with Crippen LogP contribution in [0.1, 0.15) is 11.1 Å². The molecule has 0 fully saturated rings. The second-order valence-corrected chi connectivity index (χ2v) is 7.39. The van der Waals surface area contributed by atoms with Crippen LogP contribution in [0.4, 0.5) is 10.5 Å². The summed E-state index contributed by atoms with van der Waals surface area (Å²) < 4.78 is 10.3. The molecule has 3 rings (SSSR count). The molecule has 0 aliphatic heterocycles. The summed E-state index contributed by atoms with van der Waals surface area (Å²) in [6, 6.07) is 22.1. The number of non-ortho nitro benzene ring substituents is 1. The third-order valence-corrected chi connectivity index (χ3v) is 4.79. The Morgan fingerprint density at radius 1 is 0.857 bits per heavy atom. The van der Waals surface area contributed by atoms with Crippen molar-refractivity contribution in [2.45, 2.75) is 19.1 Å². The second kappa shape index (κ2) is 12.5. The molecule has 0 aromatic heterocycles.